The quantitative estimate of drug-likeness (QED) is 0.105. The molecule has 1 radical (unpaired) electrons. The van der Waals surface area contributed by atoms with Crippen LogP contribution in [0.1, 0.15) is 50.4 Å². The van der Waals surface area contributed by atoms with Gasteiger partial charge in [0, 0.05) is 52.2 Å². The summed E-state index contributed by atoms with van der Waals surface area (Å²) in [5, 5.41) is 3.01. The molecule has 1 unspecified atom stereocenters. The van der Waals surface area contributed by atoms with E-state index in [1.807, 2.05) is 6.92 Å². The molecule has 1 fully saturated rings. The molecule has 0 aromatic heterocycles. The Morgan fingerprint density at radius 2 is 1.85 bits per heavy atom. The van der Waals surface area contributed by atoms with Gasteiger partial charge in [0.2, 0.25) is 17.6 Å². The maximum Gasteiger partial charge on any atom is 0.241 e. The van der Waals surface area contributed by atoms with Crippen LogP contribution in [-0.4, -0.2) is 69.4 Å². The normalized spacial score (nSPS) is 14.5. The third-order valence-electron chi connectivity index (χ3n) is 5.35. The number of hydrogen-bond donors (Lipinski definition) is 1. The molecule has 1 aromatic carbocycles. The Morgan fingerprint density at radius 3 is 2.44 bits per heavy atom. The first-order valence-corrected chi connectivity index (χ1v) is 13.7. The van der Waals surface area contributed by atoms with Crippen molar-refractivity contribution in [3.05, 3.63) is 27.7 Å². The van der Waals surface area contributed by atoms with Crippen LogP contribution in [-0.2, 0) is 9.59 Å². The number of rotatable bonds is 8. The molecule has 1 aromatic rings. The SMILES string of the molecule is CC(C)C[C@@H](C)C(=O)NCC(=O)N1CCC(C#CC(=O)c2ccc(OSP)c(Cl)c2Cl)CC1.[Tl]. The zero-order valence-electron chi connectivity index (χ0n) is 19.5. The van der Waals surface area contributed by atoms with E-state index in [9.17, 15) is 14.4 Å². The van der Waals surface area contributed by atoms with E-state index in [1.54, 1.807) is 17.0 Å². The molecule has 0 bridgehead atoms. The number of ketones is 1. The molecule has 1 aliphatic rings. The third-order valence-corrected chi connectivity index (χ3v) is 6.78. The summed E-state index contributed by atoms with van der Waals surface area (Å²) in [6.45, 7) is 7.08. The van der Waals surface area contributed by atoms with Crippen molar-refractivity contribution in [1.29, 1.82) is 0 Å². The molecule has 183 valence electrons. The minimum atomic E-state index is -0.413. The number of nitrogens with zero attached hydrogens (tertiary/aromatic N) is 1. The van der Waals surface area contributed by atoms with E-state index in [2.05, 4.69) is 39.4 Å². The van der Waals surface area contributed by atoms with Crippen molar-refractivity contribution in [2.75, 3.05) is 19.6 Å². The molecule has 2 amide bonds. The van der Waals surface area contributed by atoms with Gasteiger partial charge < -0.3 is 14.4 Å². The standard InChI is InChI=1S/C23H29Cl2N2O4PS.Tl/c1-14(2)12-15(3)23(30)26-13-20(29)27-10-8-16(9-11-27)4-6-18(28)17-5-7-19(31-33-32)22(25)21(17)24;/h5,7,14-16H,8-13,32H2,1-3H3,(H,26,30);/t15-;/m1./s1. The topological polar surface area (TPSA) is 75.7 Å². The average Bonchev–Trinajstić information content (AvgIpc) is 2.78. The molecule has 2 rings (SSSR count). The van der Waals surface area contributed by atoms with Gasteiger partial charge in [-0.25, -0.2) is 0 Å². The number of hydrogen-bond acceptors (Lipinski definition) is 5. The van der Waals surface area contributed by atoms with E-state index in [0.29, 0.717) is 37.6 Å². The molecule has 1 N–H and O–H groups in total. The maximum absolute atomic E-state index is 12.5. The van der Waals surface area contributed by atoms with Crippen molar-refractivity contribution < 1.29 is 18.6 Å². The Bertz CT molecular complexity index is 947. The van der Waals surface area contributed by atoms with Gasteiger partial charge in [-0.2, -0.15) is 0 Å². The van der Waals surface area contributed by atoms with E-state index in [4.69, 9.17) is 27.4 Å². The Labute approximate surface area is 238 Å². The first-order valence-electron chi connectivity index (χ1n) is 10.8. The molecule has 1 saturated heterocycles. The molecule has 1 heterocycles. The van der Waals surface area contributed by atoms with Gasteiger partial charge in [0.15, 0.2) is 5.75 Å². The van der Waals surface area contributed by atoms with E-state index < -0.39 is 5.78 Å². The molecule has 2 atom stereocenters. The molecule has 0 saturated carbocycles. The van der Waals surface area contributed by atoms with Crippen LogP contribution in [0.15, 0.2) is 12.1 Å². The fourth-order valence-corrected chi connectivity index (χ4v) is 4.64. The zero-order valence-corrected chi connectivity index (χ0v) is 27.5. The van der Waals surface area contributed by atoms with Gasteiger partial charge in [0.25, 0.3) is 0 Å². The summed E-state index contributed by atoms with van der Waals surface area (Å²) in [4.78, 5) is 38.8. The van der Waals surface area contributed by atoms with E-state index in [0.717, 1.165) is 18.1 Å². The predicted molar refractivity (Wildman–Crippen MR) is 143 cm³/mol. The van der Waals surface area contributed by atoms with Crippen LogP contribution in [0.3, 0.4) is 0 Å². The average molecular weight is 736 g/mol. The van der Waals surface area contributed by atoms with Gasteiger partial charge in [0.1, 0.15) is 5.02 Å². The van der Waals surface area contributed by atoms with E-state index in [-0.39, 0.29) is 73.1 Å². The van der Waals surface area contributed by atoms with Gasteiger partial charge in [-0.05, 0) is 51.7 Å². The van der Waals surface area contributed by atoms with Gasteiger partial charge in [0.05, 0.1) is 28.8 Å². The number of nitrogens with one attached hydrogen (secondary N) is 1. The van der Waals surface area contributed by atoms with E-state index in [1.165, 1.54) is 0 Å². The van der Waals surface area contributed by atoms with Crippen molar-refractivity contribution in [2.45, 2.75) is 40.0 Å². The van der Waals surface area contributed by atoms with Crippen molar-refractivity contribution in [3.8, 4) is 17.6 Å². The second kappa shape index (κ2) is 15.6. The summed E-state index contributed by atoms with van der Waals surface area (Å²) in [7, 11) is 2.33. The summed E-state index contributed by atoms with van der Waals surface area (Å²) >= 11 is 13.4. The number of carbonyl (C=O) groups excluding carboxylic acids is 3. The van der Waals surface area contributed by atoms with Crippen LogP contribution < -0.4 is 9.50 Å². The third kappa shape index (κ3) is 9.50. The monoisotopic (exact) mass is 735 g/mol. The number of piperidine rings is 1. The fourth-order valence-electron chi connectivity index (χ4n) is 3.59. The predicted octanol–water partition coefficient (Wildman–Crippen LogP) is 4.65. The van der Waals surface area contributed by atoms with Crippen molar-refractivity contribution >= 4 is 88.2 Å². The summed E-state index contributed by atoms with van der Waals surface area (Å²) in [6.07, 6.45) is 2.11. The number of halogens is 2. The number of Topliss-reactive ketones (excluding diaryl/α,β-unsaturated/α-hetero) is 1. The van der Waals surface area contributed by atoms with Gasteiger partial charge >= 0.3 is 0 Å². The first-order chi connectivity index (χ1) is 15.6. The smallest absolute Gasteiger partial charge is 0.241 e. The Hall–Kier alpha value is -0.528. The first kappa shape index (κ1) is 31.5. The molecule has 1 aliphatic heterocycles. The molecule has 0 aliphatic carbocycles. The van der Waals surface area contributed by atoms with Crippen LogP contribution in [0.25, 0.3) is 0 Å². The van der Waals surface area contributed by atoms with Crippen molar-refractivity contribution in [2.24, 2.45) is 17.8 Å². The summed E-state index contributed by atoms with van der Waals surface area (Å²) < 4.78 is 5.25. The summed E-state index contributed by atoms with van der Waals surface area (Å²) in [6, 6.07) is 3.12. The summed E-state index contributed by atoms with van der Waals surface area (Å²) in [5.74, 6) is 5.73. The summed E-state index contributed by atoms with van der Waals surface area (Å²) in [5.41, 5.74) is 0.227. The second-order valence-electron chi connectivity index (χ2n) is 8.42. The molecule has 0 spiro atoms. The minimum absolute atomic E-state index is 0. The van der Waals surface area contributed by atoms with Gasteiger partial charge in [-0.1, -0.05) is 49.9 Å². The molecular formula is C23H29Cl2N2O4PSTl. The van der Waals surface area contributed by atoms with E-state index >= 15 is 0 Å². The van der Waals surface area contributed by atoms with Crippen LogP contribution in [0.2, 0.25) is 10.0 Å². The van der Waals surface area contributed by atoms with Crippen LogP contribution in [0.5, 0.6) is 5.75 Å². The zero-order chi connectivity index (χ0) is 24.5. The Kier molecular flexibility index (Phi) is 14.4. The Balaban J connectivity index is 0.00000578. The number of likely N-dealkylation sites (tertiary alicyclic amines) is 1. The van der Waals surface area contributed by atoms with Crippen LogP contribution in [0.4, 0.5) is 0 Å². The fraction of sp³-hybridized carbons (Fsp3) is 0.522. The number of benzene rings is 1. The van der Waals surface area contributed by atoms with Crippen molar-refractivity contribution in [1.82, 2.24) is 10.2 Å². The molecule has 11 heteroatoms. The Morgan fingerprint density at radius 1 is 1.21 bits per heavy atom. The maximum atomic E-state index is 12.5. The van der Waals surface area contributed by atoms with Gasteiger partial charge in [-0.15, -0.1) is 0 Å². The molecular weight excluding hydrogens is 707 g/mol. The second-order valence-corrected chi connectivity index (χ2v) is 10.1. The van der Waals surface area contributed by atoms with Crippen LogP contribution >= 0.6 is 43.3 Å². The van der Waals surface area contributed by atoms with Crippen molar-refractivity contribution in [3.63, 3.8) is 0 Å². The minimum Gasteiger partial charge on any atom is -0.420 e. The van der Waals surface area contributed by atoms with Gasteiger partial charge in [-0.3, -0.25) is 14.4 Å². The number of amides is 2. The number of carbonyl (C=O) groups is 3. The molecule has 6 nitrogen and oxygen atoms in total. The molecule has 34 heavy (non-hydrogen) atoms. The largest absolute Gasteiger partial charge is 0.420 e. The van der Waals surface area contributed by atoms with Crippen LogP contribution in [0, 0.1) is 29.6 Å².